The van der Waals surface area contributed by atoms with Gasteiger partial charge in [0, 0.05) is 39.7 Å². The molecule has 1 unspecified atom stereocenters. The number of nitrogens with zero attached hydrogens (tertiary/aromatic N) is 1. The second kappa shape index (κ2) is 6.90. The lowest BCUT2D eigenvalue weighted by molar-refractivity contribution is -0.122. The van der Waals surface area contributed by atoms with Crippen LogP contribution in [-0.4, -0.2) is 29.1 Å². The predicted molar refractivity (Wildman–Crippen MR) is 118 cm³/mol. The summed E-state index contributed by atoms with van der Waals surface area (Å²) in [6, 6.07) is 5.80. The molecule has 1 saturated carbocycles. The SMILES string of the molecule is CC(C)(C)c1[nH]c2ccc(NC(=O)C3(C4C=CC5=C(C4)OCO5)CC3)cc2c1/C=N\O. The van der Waals surface area contributed by atoms with Crippen molar-refractivity contribution in [3.8, 4) is 0 Å². The van der Waals surface area contributed by atoms with Crippen LogP contribution in [0.2, 0.25) is 0 Å². The summed E-state index contributed by atoms with van der Waals surface area (Å²) in [5, 5.41) is 16.5. The summed E-state index contributed by atoms with van der Waals surface area (Å²) in [6.07, 6.45) is 7.89. The number of aromatic nitrogens is 1. The summed E-state index contributed by atoms with van der Waals surface area (Å²) in [6.45, 7) is 6.56. The second-order valence-electron chi connectivity index (χ2n) is 9.64. The molecule has 7 heteroatoms. The fraction of sp³-hybridized carbons (Fsp3) is 0.417. The molecule has 1 aromatic heterocycles. The summed E-state index contributed by atoms with van der Waals surface area (Å²) in [7, 11) is 0. The Hall–Kier alpha value is -3.22. The highest BCUT2D eigenvalue weighted by Gasteiger charge is 2.55. The maximum atomic E-state index is 13.3. The molecule has 0 bridgehead atoms. The Morgan fingerprint density at radius 1 is 1.32 bits per heavy atom. The number of oxime groups is 1. The standard InChI is InChI=1S/C24H27N3O4/c1-23(2,3)21-17(12-25-29)16-11-15(5-6-18(16)27-21)26-22(28)24(8-9-24)14-4-7-19-20(10-14)31-13-30-19/h4-7,11-12,14,27,29H,8-10,13H2,1-3H3,(H,26,28)/b25-12-. The maximum absolute atomic E-state index is 13.3. The number of carbonyl (C=O) groups is 1. The number of nitrogens with one attached hydrogen (secondary N) is 2. The van der Waals surface area contributed by atoms with E-state index < -0.39 is 5.41 Å². The van der Waals surface area contributed by atoms with Crippen LogP contribution in [0, 0.1) is 11.3 Å². The number of rotatable bonds is 4. The zero-order chi connectivity index (χ0) is 21.8. The van der Waals surface area contributed by atoms with Crippen LogP contribution in [0.25, 0.3) is 10.9 Å². The molecule has 0 radical (unpaired) electrons. The zero-order valence-corrected chi connectivity index (χ0v) is 18.0. The van der Waals surface area contributed by atoms with Crippen molar-refractivity contribution in [2.24, 2.45) is 16.5 Å². The van der Waals surface area contributed by atoms with Crippen molar-refractivity contribution in [3.05, 3.63) is 53.1 Å². The maximum Gasteiger partial charge on any atom is 0.231 e. The van der Waals surface area contributed by atoms with E-state index in [0.29, 0.717) is 6.42 Å². The van der Waals surface area contributed by atoms with Crippen LogP contribution in [0.15, 0.2) is 47.0 Å². The number of hydrogen-bond acceptors (Lipinski definition) is 5. The quantitative estimate of drug-likeness (QED) is 0.376. The number of allylic oxidation sites excluding steroid dienone is 3. The lowest BCUT2D eigenvalue weighted by Gasteiger charge is -2.25. The van der Waals surface area contributed by atoms with E-state index >= 15 is 0 Å². The average Bonchev–Trinajstić information content (AvgIpc) is 3.27. The molecule has 0 saturated heterocycles. The molecule has 2 heterocycles. The molecule has 1 amide bonds. The lowest BCUT2D eigenvalue weighted by atomic mass is 9.82. The summed E-state index contributed by atoms with van der Waals surface area (Å²) in [4.78, 5) is 16.7. The van der Waals surface area contributed by atoms with E-state index in [1.54, 1.807) is 0 Å². The number of hydrogen-bond donors (Lipinski definition) is 3. The van der Waals surface area contributed by atoms with Gasteiger partial charge in [0.1, 0.15) is 5.76 Å². The van der Waals surface area contributed by atoms with Gasteiger partial charge in [0.05, 0.1) is 11.6 Å². The number of ether oxygens (including phenoxy) is 2. The van der Waals surface area contributed by atoms with Crippen LogP contribution in [0.4, 0.5) is 5.69 Å². The summed E-state index contributed by atoms with van der Waals surface area (Å²) < 4.78 is 11.0. The van der Waals surface area contributed by atoms with Gasteiger partial charge in [0.15, 0.2) is 5.76 Å². The summed E-state index contributed by atoms with van der Waals surface area (Å²) in [5.74, 6) is 1.78. The van der Waals surface area contributed by atoms with Crippen LogP contribution >= 0.6 is 0 Å². The third-order valence-electron chi connectivity index (χ3n) is 6.59. The van der Waals surface area contributed by atoms with Gasteiger partial charge < -0.3 is 25.0 Å². The van der Waals surface area contributed by atoms with Crippen molar-refractivity contribution >= 4 is 28.7 Å². The number of amides is 1. The summed E-state index contributed by atoms with van der Waals surface area (Å²) >= 11 is 0. The van der Waals surface area contributed by atoms with Gasteiger partial charge in [-0.25, -0.2) is 0 Å². The van der Waals surface area contributed by atoms with Gasteiger partial charge in [-0.1, -0.05) is 32.0 Å². The Kier molecular flexibility index (Phi) is 4.39. The molecule has 7 nitrogen and oxygen atoms in total. The van der Waals surface area contributed by atoms with Gasteiger partial charge in [-0.3, -0.25) is 4.79 Å². The van der Waals surface area contributed by atoms with Crippen molar-refractivity contribution < 1.29 is 19.5 Å². The molecular formula is C24H27N3O4. The first-order valence-corrected chi connectivity index (χ1v) is 10.6. The van der Waals surface area contributed by atoms with Gasteiger partial charge >= 0.3 is 0 Å². The average molecular weight is 421 g/mol. The van der Waals surface area contributed by atoms with E-state index in [4.69, 9.17) is 9.47 Å². The highest BCUT2D eigenvalue weighted by Crippen LogP contribution is 2.56. The second-order valence-corrected chi connectivity index (χ2v) is 9.64. The van der Waals surface area contributed by atoms with E-state index in [1.165, 1.54) is 6.21 Å². The number of anilines is 1. The number of fused-ring (bicyclic) bond motifs is 1. The van der Waals surface area contributed by atoms with E-state index in [2.05, 4.69) is 42.3 Å². The van der Waals surface area contributed by atoms with Crippen LogP contribution < -0.4 is 5.32 Å². The first kappa shape index (κ1) is 19.7. The Morgan fingerprint density at radius 3 is 2.84 bits per heavy atom. The predicted octanol–water partition coefficient (Wildman–Crippen LogP) is 4.78. The van der Waals surface area contributed by atoms with Gasteiger partial charge in [0.2, 0.25) is 12.7 Å². The molecule has 31 heavy (non-hydrogen) atoms. The van der Waals surface area contributed by atoms with Crippen molar-refractivity contribution in [2.45, 2.75) is 45.4 Å². The smallest absolute Gasteiger partial charge is 0.231 e. The Balaban J connectivity index is 1.41. The first-order valence-electron chi connectivity index (χ1n) is 10.6. The largest absolute Gasteiger partial charge is 0.458 e. The molecule has 3 N–H and O–H groups in total. The van der Waals surface area contributed by atoms with Gasteiger partial charge in [-0.2, -0.15) is 0 Å². The zero-order valence-electron chi connectivity index (χ0n) is 18.0. The van der Waals surface area contributed by atoms with Gasteiger partial charge in [-0.05, 0) is 43.0 Å². The minimum atomic E-state index is -0.403. The number of carbonyl (C=O) groups excluding carboxylic acids is 1. The lowest BCUT2D eigenvalue weighted by Crippen LogP contribution is -2.31. The molecule has 5 rings (SSSR count). The molecule has 2 aromatic rings. The van der Waals surface area contributed by atoms with E-state index in [1.807, 2.05) is 24.3 Å². The number of benzene rings is 1. The Morgan fingerprint density at radius 2 is 2.13 bits per heavy atom. The number of aromatic amines is 1. The third kappa shape index (κ3) is 3.28. The minimum Gasteiger partial charge on any atom is -0.458 e. The highest BCUT2D eigenvalue weighted by molar-refractivity contribution is 6.04. The molecule has 162 valence electrons. The van der Waals surface area contributed by atoms with Crippen LogP contribution in [0.5, 0.6) is 0 Å². The van der Waals surface area contributed by atoms with Crippen LogP contribution in [0.1, 0.15) is 51.3 Å². The molecule has 1 aliphatic heterocycles. The number of H-pyrrole nitrogens is 1. The monoisotopic (exact) mass is 421 g/mol. The fourth-order valence-electron chi connectivity index (χ4n) is 4.70. The Bertz CT molecular complexity index is 1150. The minimum absolute atomic E-state index is 0.0356. The Labute approximate surface area is 180 Å². The molecule has 0 spiro atoms. The first-order chi connectivity index (χ1) is 14.8. The molecular weight excluding hydrogens is 394 g/mol. The van der Waals surface area contributed by atoms with Crippen molar-refractivity contribution in [1.82, 2.24) is 4.98 Å². The third-order valence-corrected chi connectivity index (χ3v) is 6.59. The van der Waals surface area contributed by atoms with Crippen LogP contribution in [0.3, 0.4) is 0 Å². The van der Waals surface area contributed by atoms with E-state index in [0.717, 1.165) is 52.2 Å². The molecule has 3 aliphatic rings. The van der Waals surface area contributed by atoms with Gasteiger partial charge in [0.25, 0.3) is 0 Å². The van der Waals surface area contributed by atoms with E-state index in [-0.39, 0.29) is 24.0 Å². The molecule has 1 atom stereocenters. The van der Waals surface area contributed by atoms with Crippen LogP contribution in [-0.2, 0) is 19.7 Å². The van der Waals surface area contributed by atoms with Crippen molar-refractivity contribution in [3.63, 3.8) is 0 Å². The summed E-state index contributed by atoms with van der Waals surface area (Å²) in [5.41, 5.74) is 2.93. The van der Waals surface area contributed by atoms with Gasteiger partial charge in [-0.15, -0.1) is 0 Å². The van der Waals surface area contributed by atoms with Crippen molar-refractivity contribution in [1.29, 1.82) is 0 Å². The van der Waals surface area contributed by atoms with Crippen molar-refractivity contribution in [2.75, 3.05) is 12.1 Å². The topological polar surface area (TPSA) is 95.9 Å². The fourth-order valence-corrected chi connectivity index (χ4v) is 4.70. The molecule has 2 aliphatic carbocycles. The molecule has 1 fully saturated rings. The highest BCUT2D eigenvalue weighted by atomic mass is 16.7. The van der Waals surface area contributed by atoms with E-state index in [9.17, 15) is 10.0 Å². The normalized spacial score (nSPS) is 21.8. The molecule has 1 aromatic carbocycles.